The molecule has 9 heteroatoms. The van der Waals surface area contributed by atoms with Crippen LogP contribution in [0.1, 0.15) is 11.6 Å². The summed E-state index contributed by atoms with van der Waals surface area (Å²) in [5.74, 6) is -0.118. The van der Waals surface area contributed by atoms with Gasteiger partial charge in [0, 0.05) is 12.1 Å². The maximum Gasteiger partial charge on any atom is 0.413 e. The number of nitrogens with zero attached hydrogens (tertiary/aromatic N) is 1. The molecule has 2 aromatic rings. The Morgan fingerprint density at radius 2 is 1.67 bits per heavy atom. The number of nitro groups is 1. The van der Waals surface area contributed by atoms with Gasteiger partial charge in [-0.3, -0.25) is 10.1 Å². The van der Waals surface area contributed by atoms with E-state index in [1.54, 1.807) is 11.4 Å². The summed E-state index contributed by atoms with van der Waals surface area (Å²) in [6.07, 6.45) is -6.04. The zero-order chi connectivity index (χ0) is 17.7. The Bertz CT molecular complexity index is 718. The maximum absolute atomic E-state index is 13.1. The molecule has 2 aromatic carbocycles. The molecule has 0 aliphatic heterocycles. The first-order valence-corrected chi connectivity index (χ1v) is 6.62. The predicted molar refractivity (Wildman–Crippen MR) is 77.5 cm³/mol. The minimum atomic E-state index is -4.71. The number of ether oxygens (including phenoxy) is 1. The number of alkyl halides is 3. The van der Waals surface area contributed by atoms with E-state index < -0.39 is 23.2 Å². The molecule has 0 aliphatic carbocycles. The Balaban J connectivity index is 2.09. The lowest BCUT2D eigenvalue weighted by atomic mass is 10.1. The Kier molecular flexibility index (Phi) is 5.02. The van der Waals surface area contributed by atoms with Crippen molar-refractivity contribution in [2.45, 2.75) is 12.2 Å². The SMILES string of the molecule is O=C(N[C@@H](c1ccccc1)C(F)(F)F)Oc1ccc([N+](=O)[O-])cc1. The van der Waals surface area contributed by atoms with E-state index in [2.05, 4.69) is 0 Å². The van der Waals surface area contributed by atoms with Crippen LogP contribution in [0.3, 0.4) is 0 Å². The molecule has 0 spiro atoms. The fourth-order valence-corrected chi connectivity index (χ4v) is 1.89. The summed E-state index contributed by atoms with van der Waals surface area (Å²) < 4.78 is 44.0. The van der Waals surface area contributed by atoms with Crippen LogP contribution in [-0.4, -0.2) is 17.2 Å². The molecular formula is C15H11F3N2O4. The molecule has 0 saturated heterocycles. The fourth-order valence-electron chi connectivity index (χ4n) is 1.89. The summed E-state index contributed by atoms with van der Waals surface area (Å²) >= 11 is 0. The molecule has 1 amide bonds. The largest absolute Gasteiger partial charge is 0.413 e. The monoisotopic (exact) mass is 340 g/mol. The molecule has 0 fully saturated rings. The van der Waals surface area contributed by atoms with E-state index in [1.165, 1.54) is 24.3 Å². The van der Waals surface area contributed by atoms with Crippen LogP contribution < -0.4 is 10.1 Å². The summed E-state index contributed by atoms with van der Waals surface area (Å²) in [5, 5.41) is 12.2. The van der Waals surface area contributed by atoms with E-state index in [-0.39, 0.29) is 17.0 Å². The van der Waals surface area contributed by atoms with E-state index in [0.29, 0.717) is 0 Å². The van der Waals surface area contributed by atoms with Crippen molar-refractivity contribution in [2.75, 3.05) is 0 Å². The first-order valence-electron chi connectivity index (χ1n) is 6.62. The molecule has 24 heavy (non-hydrogen) atoms. The molecular weight excluding hydrogens is 329 g/mol. The summed E-state index contributed by atoms with van der Waals surface area (Å²) in [6, 6.07) is 8.97. The number of carbonyl (C=O) groups is 1. The molecule has 1 N–H and O–H groups in total. The third kappa shape index (κ3) is 4.45. The van der Waals surface area contributed by atoms with Crippen molar-refractivity contribution in [3.8, 4) is 5.75 Å². The number of benzene rings is 2. The molecule has 126 valence electrons. The second kappa shape index (κ2) is 6.99. The second-order valence-electron chi connectivity index (χ2n) is 4.67. The first-order chi connectivity index (χ1) is 11.3. The number of nitro benzene ring substituents is 1. The highest BCUT2D eigenvalue weighted by Gasteiger charge is 2.42. The van der Waals surface area contributed by atoms with Gasteiger partial charge >= 0.3 is 12.3 Å². The third-order valence-corrected chi connectivity index (χ3v) is 2.98. The molecule has 0 aromatic heterocycles. The first kappa shape index (κ1) is 17.3. The number of amides is 1. The quantitative estimate of drug-likeness (QED) is 0.674. The maximum atomic E-state index is 13.1. The van der Waals surface area contributed by atoms with E-state index in [1.807, 2.05) is 0 Å². The number of non-ortho nitro benzene ring substituents is 1. The Morgan fingerprint density at radius 1 is 1.08 bits per heavy atom. The van der Waals surface area contributed by atoms with Gasteiger partial charge in [0.2, 0.25) is 0 Å². The van der Waals surface area contributed by atoms with E-state index in [0.717, 1.165) is 24.3 Å². The van der Waals surface area contributed by atoms with Crippen LogP contribution in [0.4, 0.5) is 23.7 Å². The third-order valence-electron chi connectivity index (χ3n) is 2.98. The number of rotatable bonds is 4. The number of nitrogens with one attached hydrogen (secondary N) is 1. The average Bonchev–Trinajstić information content (AvgIpc) is 2.53. The number of hydrogen-bond acceptors (Lipinski definition) is 4. The van der Waals surface area contributed by atoms with Gasteiger partial charge < -0.3 is 10.1 Å². The van der Waals surface area contributed by atoms with Crippen molar-refractivity contribution in [2.24, 2.45) is 0 Å². The number of carbonyl (C=O) groups excluding carboxylic acids is 1. The highest BCUT2D eigenvalue weighted by molar-refractivity contribution is 5.71. The fraction of sp³-hybridized carbons (Fsp3) is 0.133. The van der Waals surface area contributed by atoms with E-state index >= 15 is 0 Å². The molecule has 0 heterocycles. The summed E-state index contributed by atoms with van der Waals surface area (Å²) in [4.78, 5) is 21.5. The van der Waals surface area contributed by atoms with E-state index in [4.69, 9.17) is 4.74 Å². The van der Waals surface area contributed by atoms with Crippen molar-refractivity contribution in [3.63, 3.8) is 0 Å². The molecule has 0 unspecified atom stereocenters. The van der Waals surface area contributed by atoms with Crippen molar-refractivity contribution in [1.82, 2.24) is 5.32 Å². The zero-order valence-electron chi connectivity index (χ0n) is 12.0. The van der Waals surface area contributed by atoms with Gasteiger partial charge in [0.05, 0.1) is 4.92 Å². The van der Waals surface area contributed by atoms with Crippen LogP contribution >= 0.6 is 0 Å². The molecule has 0 saturated carbocycles. The summed E-state index contributed by atoms with van der Waals surface area (Å²) in [7, 11) is 0. The van der Waals surface area contributed by atoms with Crippen molar-refractivity contribution in [3.05, 3.63) is 70.3 Å². The van der Waals surface area contributed by atoms with Gasteiger partial charge in [-0.1, -0.05) is 30.3 Å². The average molecular weight is 340 g/mol. The van der Waals surface area contributed by atoms with Gasteiger partial charge in [0.15, 0.2) is 6.04 Å². The molecule has 1 atom stereocenters. The van der Waals surface area contributed by atoms with Gasteiger partial charge in [0.1, 0.15) is 5.75 Å². The topological polar surface area (TPSA) is 81.5 Å². The van der Waals surface area contributed by atoms with Crippen molar-refractivity contribution in [1.29, 1.82) is 0 Å². The minimum Gasteiger partial charge on any atom is -0.410 e. The molecule has 0 radical (unpaired) electrons. The van der Waals surface area contributed by atoms with E-state index in [9.17, 15) is 28.1 Å². The highest BCUT2D eigenvalue weighted by atomic mass is 19.4. The van der Waals surface area contributed by atoms with Crippen LogP contribution in [0.2, 0.25) is 0 Å². The van der Waals surface area contributed by atoms with Gasteiger partial charge in [-0.25, -0.2) is 4.79 Å². The normalized spacial score (nSPS) is 12.3. The van der Waals surface area contributed by atoms with Crippen LogP contribution in [-0.2, 0) is 0 Å². The van der Waals surface area contributed by atoms with Crippen molar-refractivity contribution < 1.29 is 27.6 Å². The number of hydrogen-bond donors (Lipinski definition) is 1. The molecule has 0 aliphatic rings. The van der Waals surface area contributed by atoms with Crippen LogP contribution in [0, 0.1) is 10.1 Å². The lowest BCUT2D eigenvalue weighted by Crippen LogP contribution is -2.39. The van der Waals surface area contributed by atoms with Gasteiger partial charge in [0.25, 0.3) is 5.69 Å². The lowest BCUT2D eigenvalue weighted by molar-refractivity contribution is -0.384. The summed E-state index contributed by atoms with van der Waals surface area (Å²) in [6.45, 7) is 0. The summed E-state index contributed by atoms with van der Waals surface area (Å²) in [5.41, 5.74) is -0.383. The molecule has 0 bridgehead atoms. The zero-order valence-corrected chi connectivity index (χ0v) is 12.0. The Labute approximate surface area is 134 Å². The van der Waals surface area contributed by atoms with Gasteiger partial charge in [-0.15, -0.1) is 0 Å². The second-order valence-corrected chi connectivity index (χ2v) is 4.67. The highest BCUT2D eigenvalue weighted by Crippen LogP contribution is 2.32. The Hall–Kier alpha value is -3.10. The minimum absolute atomic E-state index is 0.118. The lowest BCUT2D eigenvalue weighted by Gasteiger charge is -2.21. The van der Waals surface area contributed by atoms with Crippen molar-refractivity contribution >= 4 is 11.8 Å². The molecule has 2 rings (SSSR count). The van der Waals surface area contributed by atoms with Crippen LogP contribution in [0.15, 0.2) is 54.6 Å². The predicted octanol–water partition coefficient (Wildman–Crippen LogP) is 3.99. The molecule has 6 nitrogen and oxygen atoms in total. The van der Waals surface area contributed by atoms with Gasteiger partial charge in [-0.2, -0.15) is 13.2 Å². The smallest absolute Gasteiger partial charge is 0.410 e. The van der Waals surface area contributed by atoms with Crippen LogP contribution in [0.25, 0.3) is 0 Å². The Morgan fingerprint density at radius 3 is 2.17 bits per heavy atom. The van der Waals surface area contributed by atoms with Crippen LogP contribution in [0.5, 0.6) is 5.75 Å². The standard InChI is InChI=1S/C15H11F3N2O4/c16-15(17,18)13(10-4-2-1-3-5-10)19-14(21)24-12-8-6-11(7-9-12)20(22)23/h1-9,13H,(H,19,21)/t13-/m0/s1. The van der Waals surface area contributed by atoms with Gasteiger partial charge in [-0.05, 0) is 17.7 Å². The number of halogens is 3.